The molecule has 2 aromatic carbocycles. The molecule has 1 unspecified atom stereocenters. The first-order chi connectivity index (χ1) is 10.7. The molecule has 1 atom stereocenters. The molecule has 5 heteroatoms. The molecule has 4 nitrogen and oxygen atoms in total. The van der Waals surface area contributed by atoms with Gasteiger partial charge in [-0.1, -0.05) is 36.7 Å². The summed E-state index contributed by atoms with van der Waals surface area (Å²) in [4.78, 5) is 17.6. The highest BCUT2D eigenvalue weighted by atomic mass is 35.5. The van der Waals surface area contributed by atoms with Crippen molar-refractivity contribution in [3.63, 3.8) is 0 Å². The molecule has 1 aliphatic heterocycles. The molecular formula is C17H14ClN3O. The van der Waals surface area contributed by atoms with Crippen LogP contribution in [0.2, 0.25) is 5.02 Å². The second-order valence-electron chi connectivity index (χ2n) is 5.36. The predicted octanol–water partition coefficient (Wildman–Crippen LogP) is 4.05. The largest absolute Gasteiger partial charge is 0.363 e. The Morgan fingerprint density at radius 3 is 2.86 bits per heavy atom. The maximum absolute atomic E-state index is 12.9. The van der Waals surface area contributed by atoms with Crippen LogP contribution in [-0.2, 0) is 0 Å². The number of nitrogens with one attached hydrogen (secondary N) is 1. The van der Waals surface area contributed by atoms with Crippen LogP contribution >= 0.6 is 11.6 Å². The molecule has 4 rings (SSSR count). The minimum atomic E-state index is -0.146. The van der Waals surface area contributed by atoms with E-state index in [0.29, 0.717) is 21.7 Å². The van der Waals surface area contributed by atoms with Crippen LogP contribution in [0.4, 0.5) is 5.69 Å². The zero-order valence-corrected chi connectivity index (χ0v) is 12.8. The predicted molar refractivity (Wildman–Crippen MR) is 89.4 cm³/mol. The third-order valence-corrected chi connectivity index (χ3v) is 4.39. The van der Waals surface area contributed by atoms with E-state index in [2.05, 4.69) is 5.32 Å². The summed E-state index contributed by atoms with van der Waals surface area (Å²) < 4.78 is 1.74. The van der Waals surface area contributed by atoms with Crippen LogP contribution in [0.25, 0.3) is 22.3 Å². The summed E-state index contributed by atoms with van der Waals surface area (Å²) in [5, 5.41) is 4.65. The minimum Gasteiger partial charge on any atom is -0.363 e. The Morgan fingerprint density at radius 1 is 1.23 bits per heavy atom. The van der Waals surface area contributed by atoms with Crippen LogP contribution < -0.4 is 10.9 Å². The maximum Gasteiger partial charge on any atom is 0.263 e. The third-order valence-electron chi connectivity index (χ3n) is 4.07. The summed E-state index contributed by atoms with van der Waals surface area (Å²) in [6, 6.07) is 13.1. The summed E-state index contributed by atoms with van der Waals surface area (Å²) in [5.41, 5.74) is 2.39. The van der Waals surface area contributed by atoms with Crippen molar-refractivity contribution in [2.75, 3.05) is 5.32 Å². The fraction of sp³-hybridized carbons (Fsp3) is 0.176. The summed E-state index contributed by atoms with van der Waals surface area (Å²) in [6.07, 6.45) is 0.615. The Labute approximate surface area is 132 Å². The number of anilines is 1. The molecule has 0 saturated heterocycles. The van der Waals surface area contributed by atoms with Crippen LogP contribution in [-0.4, -0.2) is 9.55 Å². The van der Waals surface area contributed by atoms with Crippen molar-refractivity contribution >= 4 is 28.2 Å². The number of nitrogens with zero attached hydrogens (tertiary/aromatic N) is 2. The number of halogens is 1. The third kappa shape index (κ3) is 1.77. The summed E-state index contributed by atoms with van der Waals surface area (Å²) >= 11 is 6.31. The van der Waals surface area contributed by atoms with E-state index in [9.17, 15) is 4.79 Å². The van der Waals surface area contributed by atoms with Crippen LogP contribution in [0.1, 0.15) is 19.5 Å². The molecule has 22 heavy (non-hydrogen) atoms. The van der Waals surface area contributed by atoms with Gasteiger partial charge < -0.3 is 5.32 Å². The number of para-hydroxylation sites is 2. The first-order valence-corrected chi connectivity index (χ1v) is 7.65. The maximum atomic E-state index is 12.9. The van der Waals surface area contributed by atoms with E-state index in [1.54, 1.807) is 4.57 Å². The van der Waals surface area contributed by atoms with E-state index in [-0.39, 0.29) is 11.7 Å². The van der Waals surface area contributed by atoms with Gasteiger partial charge in [0.1, 0.15) is 12.0 Å². The molecule has 0 spiro atoms. The average Bonchev–Trinajstić information content (AvgIpc) is 2.55. The summed E-state index contributed by atoms with van der Waals surface area (Å²) in [5.74, 6) is 0.673. The lowest BCUT2D eigenvalue weighted by Crippen LogP contribution is -2.34. The van der Waals surface area contributed by atoms with Gasteiger partial charge in [-0.25, -0.2) is 4.98 Å². The molecule has 1 aromatic heterocycles. The zero-order chi connectivity index (χ0) is 15.3. The van der Waals surface area contributed by atoms with Gasteiger partial charge in [0.2, 0.25) is 0 Å². The van der Waals surface area contributed by atoms with Gasteiger partial charge in [-0.3, -0.25) is 9.36 Å². The van der Waals surface area contributed by atoms with Crippen molar-refractivity contribution in [1.82, 2.24) is 9.55 Å². The second-order valence-corrected chi connectivity index (χ2v) is 5.77. The fourth-order valence-electron chi connectivity index (χ4n) is 3.00. The zero-order valence-electron chi connectivity index (χ0n) is 12.0. The molecule has 110 valence electrons. The molecular weight excluding hydrogens is 298 g/mol. The smallest absolute Gasteiger partial charge is 0.263 e. The first kappa shape index (κ1) is 13.3. The van der Waals surface area contributed by atoms with Gasteiger partial charge in [0.05, 0.1) is 21.6 Å². The Hall–Kier alpha value is -2.33. The number of hydrogen-bond acceptors (Lipinski definition) is 3. The SMILES string of the molecule is CCC1Nc2c(Cl)cccc2-c2nc3ccccc3c(=O)n21. The van der Waals surface area contributed by atoms with Crippen LogP contribution in [0.5, 0.6) is 0 Å². The van der Waals surface area contributed by atoms with E-state index in [1.807, 2.05) is 49.4 Å². The molecule has 2 heterocycles. The van der Waals surface area contributed by atoms with E-state index < -0.39 is 0 Å². The normalized spacial score (nSPS) is 16.0. The molecule has 0 fully saturated rings. The number of hydrogen-bond donors (Lipinski definition) is 1. The molecule has 0 bridgehead atoms. The monoisotopic (exact) mass is 311 g/mol. The highest BCUT2D eigenvalue weighted by Gasteiger charge is 2.27. The van der Waals surface area contributed by atoms with Gasteiger partial charge in [0, 0.05) is 5.56 Å². The number of fused-ring (bicyclic) bond motifs is 4. The van der Waals surface area contributed by atoms with Crippen molar-refractivity contribution in [1.29, 1.82) is 0 Å². The second kappa shape index (κ2) is 4.85. The van der Waals surface area contributed by atoms with Crippen LogP contribution in [0, 0.1) is 0 Å². The van der Waals surface area contributed by atoms with Crippen molar-refractivity contribution < 1.29 is 0 Å². The van der Waals surface area contributed by atoms with E-state index in [0.717, 1.165) is 17.7 Å². The van der Waals surface area contributed by atoms with Gasteiger partial charge in [0.25, 0.3) is 5.56 Å². The molecule has 0 amide bonds. The molecule has 1 aliphatic rings. The first-order valence-electron chi connectivity index (χ1n) is 7.27. The fourth-order valence-corrected chi connectivity index (χ4v) is 3.23. The summed E-state index contributed by atoms with van der Waals surface area (Å²) in [6.45, 7) is 2.03. The Morgan fingerprint density at radius 2 is 2.05 bits per heavy atom. The van der Waals surface area contributed by atoms with Gasteiger partial charge in [0.15, 0.2) is 0 Å². The minimum absolute atomic E-state index is 0.0226. The molecule has 0 aliphatic carbocycles. The highest BCUT2D eigenvalue weighted by Crippen LogP contribution is 2.39. The van der Waals surface area contributed by atoms with Crippen LogP contribution in [0.15, 0.2) is 47.3 Å². The van der Waals surface area contributed by atoms with E-state index in [4.69, 9.17) is 16.6 Å². The lowest BCUT2D eigenvalue weighted by molar-refractivity contribution is 0.523. The average molecular weight is 312 g/mol. The van der Waals surface area contributed by atoms with E-state index in [1.165, 1.54) is 0 Å². The number of aromatic nitrogens is 2. The lowest BCUT2D eigenvalue weighted by atomic mass is 10.1. The lowest BCUT2D eigenvalue weighted by Gasteiger charge is -2.30. The molecule has 3 aromatic rings. The van der Waals surface area contributed by atoms with Crippen molar-refractivity contribution in [2.45, 2.75) is 19.5 Å². The van der Waals surface area contributed by atoms with Crippen molar-refractivity contribution in [3.8, 4) is 11.4 Å². The van der Waals surface area contributed by atoms with Gasteiger partial charge in [-0.2, -0.15) is 0 Å². The number of benzene rings is 2. The number of rotatable bonds is 1. The van der Waals surface area contributed by atoms with Crippen molar-refractivity contribution in [2.24, 2.45) is 0 Å². The Kier molecular flexibility index (Phi) is 2.94. The van der Waals surface area contributed by atoms with Gasteiger partial charge in [-0.15, -0.1) is 0 Å². The van der Waals surface area contributed by atoms with Crippen molar-refractivity contribution in [3.05, 3.63) is 57.8 Å². The molecule has 0 radical (unpaired) electrons. The quantitative estimate of drug-likeness (QED) is 0.737. The standard InChI is InChI=1S/C17H14ClN3O/c1-2-14-20-15-11(7-5-8-12(15)18)16-19-13-9-4-3-6-10(13)17(22)21(14)16/h3-9,14,20H,2H2,1H3. The topological polar surface area (TPSA) is 46.9 Å². The molecule has 0 saturated carbocycles. The molecule has 1 N–H and O–H groups in total. The Bertz CT molecular complexity index is 948. The van der Waals surface area contributed by atoms with Crippen LogP contribution in [0.3, 0.4) is 0 Å². The van der Waals surface area contributed by atoms with Gasteiger partial charge >= 0.3 is 0 Å². The highest BCUT2D eigenvalue weighted by molar-refractivity contribution is 6.34. The van der Waals surface area contributed by atoms with E-state index >= 15 is 0 Å². The summed E-state index contributed by atoms with van der Waals surface area (Å²) in [7, 11) is 0. The van der Waals surface area contributed by atoms with Gasteiger partial charge in [-0.05, 0) is 30.7 Å². The Balaban J connectivity index is 2.15.